The molecule has 0 aliphatic carbocycles. The number of halogens is 3. The second-order valence-electron chi connectivity index (χ2n) is 6.43. The van der Waals surface area contributed by atoms with Gasteiger partial charge in [-0.3, -0.25) is 5.32 Å². The maximum absolute atomic E-state index is 13.9. The molecule has 2 heterocycles. The lowest BCUT2D eigenvalue weighted by Crippen LogP contribution is -2.22. The number of aliphatic hydroxyl groups is 1. The van der Waals surface area contributed by atoms with E-state index < -0.39 is 29.2 Å². The molecule has 10 heteroatoms. The Balaban J connectivity index is 1.66. The minimum Gasteiger partial charge on any atom is -0.392 e. The molecule has 2 aromatic carbocycles. The molecule has 4 aromatic rings. The van der Waals surface area contributed by atoms with E-state index in [4.69, 9.17) is 0 Å². The maximum atomic E-state index is 13.9. The van der Waals surface area contributed by atoms with Gasteiger partial charge < -0.3 is 10.4 Å². The highest BCUT2D eigenvalue weighted by Gasteiger charge is 2.18. The van der Waals surface area contributed by atoms with Crippen LogP contribution in [0.1, 0.15) is 5.56 Å². The first-order valence-corrected chi connectivity index (χ1v) is 9.90. The van der Waals surface area contributed by atoms with Gasteiger partial charge in [-0.2, -0.15) is 5.10 Å². The van der Waals surface area contributed by atoms with E-state index in [0.717, 1.165) is 10.9 Å². The number of aromatic nitrogens is 2. The number of rotatable bonds is 5. The third-order valence-electron chi connectivity index (χ3n) is 4.35. The number of nitrogens with one attached hydrogen (secondary N) is 2. The van der Waals surface area contributed by atoms with Crippen molar-refractivity contribution in [3.63, 3.8) is 0 Å². The average molecular weight is 444 g/mol. The third kappa shape index (κ3) is 4.30. The maximum Gasteiger partial charge on any atom is 0.324 e. The van der Waals surface area contributed by atoms with Gasteiger partial charge in [0.15, 0.2) is 17.5 Å². The number of benzene rings is 2. The molecule has 4 rings (SSSR count). The molecule has 0 saturated heterocycles. The first kappa shape index (κ1) is 20.6. The summed E-state index contributed by atoms with van der Waals surface area (Å²) in [4.78, 5) is 13.3. The normalized spacial score (nSPS) is 10.8. The molecule has 31 heavy (non-hydrogen) atoms. The lowest BCUT2D eigenvalue weighted by molar-refractivity contribution is 0.262. The number of hydrogen-bond donors (Lipinski definition) is 3. The number of anilines is 2. The zero-order chi connectivity index (χ0) is 22.0. The summed E-state index contributed by atoms with van der Waals surface area (Å²) in [7, 11) is 0. The lowest BCUT2D eigenvalue weighted by atomic mass is 10.2. The Kier molecular flexibility index (Phi) is 5.74. The van der Waals surface area contributed by atoms with E-state index in [1.165, 1.54) is 16.0 Å². The Morgan fingerprint density at radius 3 is 2.61 bits per heavy atom. The fourth-order valence-electron chi connectivity index (χ4n) is 2.89. The van der Waals surface area contributed by atoms with Crippen molar-refractivity contribution in [1.82, 2.24) is 9.78 Å². The van der Waals surface area contributed by atoms with E-state index in [1.54, 1.807) is 30.3 Å². The second kappa shape index (κ2) is 8.62. The molecule has 0 saturated carbocycles. The van der Waals surface area contributed by atoms with Crippen molar-refractivity contribution >= 4 is 28.9 Å². The van der Waals surface area contributed by atoms with Crippen LogP contribution in [0.4, 0.5) is 29.5 Å². The van der Waals surface area contributed by atoms with Gasteiger partial charge in [-0.25, -0.2) is 22.6 Å². The highest BCUT2D eigenvalue weighted by Crippen LogP contribution is 2.28. The molecular weight excluding hydrogens is 429 g/mol. The molecule has 2 amide bonds. The summed E-state index contributed by atoms with van der Waals surface area (Å²) in [5.74, 6) is -4.29. The van der Waals surface area contributed by atoms with Crippen molar-refractivity contribution in [3.05, 3.63) is 83.0 Å². The smallest absolute Gasteiger partial charge is 0.324 e. The van der Waals surface area contributed by atoms with Crippen LogP contribution in [-0.2, 0) is 6.61 Å². The van der Waals surface area contributed by atoms with Crippen LogP contribution in [0.15, 0.2) is 60.0 Å². The van der Waals surface area contributed by atoms with Crippen molar-refractivity contribution in [3.8, 4) is 16.3 Å². The first-order valence-electron chi connectivity index (χ1n) is 9.02. The van der Waals surface area contributed by atoms with Crippen LogP contribution in [0.3, 0.4) is 0 Å². The number of nitrogens with zero attached hydrogens (tertiary/aromatic N) is 2. The van der Waals surface area contributed by atoms with Gasteiger partial charge in [0.25, 0.3) is 0 Å². The molecule has 0 unspecified atom stereocenters. The molecule has 3 N–H and O–H groups in total. The SMILES string of the molecule is O=C(Nc1ccc(F)c(F)c1F)Nc1cc(-c2cccs2)nn1-c1cccc(CO)c1. The molecule has 0 atom stereocenters. The second-order valence-corrected chi connectivity index (χ2v) is 7.38. The Bertz CT molecular complexity index is 1240. The van der Waals surface area contributed by atoms with E-state index in [0.29, 0.717) is 23.0 Å². The fraction of sp³-hybridized carbons (Fsp3) is 0.0476. The molecule has 0 spiro atoms. The van der Waals surface area contributed by atoms with Gasteiger partial charge in [0.2, 0.25) is 0 Å². The fourth-order valence-corrected chi connectivity index (χ4v) is 3.57. The number of aliphatic hydroxyl groups excluding tert-OH is 1. The van der Waals surface area contributed by atoms with E-state index in [2.05, 4.69) is 15.7 Å². The highest BCUT2D eigenvalue weighted by molar-refractivity contribution is 7.13. The van der Waals surface area contributed by atoms with Crippen LogP contribution in [0.5, 0.6) is 0 Å². The molecule has 0 bridgehead atoms. The summed E-state index contributed by atoms with van der Waals surface area (Å²) in [5.41, 5.74) is 1.29. The zero-order valence-electron chi connectivity index (χ0n) is 15.8. The number of hydrogen-bond acceptors (Lipinski definition) is 4. The van der Waals surface area contributed by atoms with Crippen LogP contribution < -0.4 is 10.6 Å². The van der Waals surface area contributed by atoms with Gasteiger partial charge in [0, 0.05) is 6.07 Å². The Labute approximate surface area is 178 Å². The predicted octanol–water partition coefficient (Wildman–Crippen LogP) is 5.15. The molecule has 2 aromatic heterocycles. The minimum absolute atomic E-state index is 0.175. The van der Waals surface area contributed by atoms with Crippen molar-refractivity contribution in [2.75, 3.05) is 10.6 Å². The van der Waals surface area contributed by atoms with E-state index in [9.17, 15) is 23.1 Å². The lowest BCUT2D eigenvalue weighted by Gasteiger charge is -2.11. The van der Waals surface area contributed by atoms with Crippen molar-refractivity contribution in [2.24, 2.45) is 0 Å². The molecule has 6 nitrogen and oxygen atoms in total. The summed E-state index contributed by atoms with van der Waals surface area (Å²) < 4.78 is 41.9. The Hall–Kier alpha value is -3.63. The topological polar surface area (TPSA) is 79.2 Å². The molecule has 158 valence electrons. The monoisotopic (exact) mass is 444 g/mol. The first-order chi connectivity index (χ1) is 15.0. The van der Waals surface area contributed by atoms with Crippen LogP contribution in [0, 0.1) is 17.5 Å². The summed E-state index contributed by atoms with van der Waals surface area (Å²) in [6.45, 7) is -0.175. The number of thiophene rings is 1. The van der Waals surface area contributed by atoms with Gasteiger partial charge in [0.05, 0.1) is 22.9 Å². The zero-order valence-corrected chi connectivity index (χ0v) is 16.6. The van der Waals surface area contributed by atoms with Gasteiger partial charge >= 0.3 is 6.03 Å². The number of carbonyl (C=O) groups excluding carboxylic acids is 1. The predicted molar refractivity (Wildman–Crippen MR) is 112 cm³/mol. The van der Waals surface area contributed by atoms with Crippen LogP contribution in [0.25, 0.3) is 16.3 Å². The molecule has 0 radical (unpaired) electrons. The van der Waals surface area contributed by atoms with Crippen molar-refractivity contribution in [2.45, 2.75) is 6.61 Å². The Morgan fingerprint density at radius 2 is 1.87 bits per heavy atom. The highest BCUT2D eigenvalue weighted by atomic mass is 32.1. The van der Waals surface area contributed by atoms with Crippen molar-refractivity contribution in [1.29, 1.82) is 0 Å². The number of carbonyl (C=O) groups is 1. The summed E-state index contributed by atoms with van der Waals surface area (Å²) >= 11 is 1.46. The molecule has 0 aliphatic heterocycles. The van der Waals surface area contributed by atoms with Gasteiger partial charge in [-0.15, -0.1) is 11.3 Å². The quantitative estimate of drug-likeness (QED) is 0.372. The summed E-state index contributed by atoms with van der Waals surface area (Å²) in [6, 6.07) is 13.0. The number of amides is 2. The minimum atomic E-state index is -1.68. The summed E-state index contributed by atoms with van der Waals surface area (Å²) in [5, 5.41) is 20.5. The van der Waals surface area contributed by atoms with E-state index in [-0.39, 0.29) is 12.4 Å². The molecule has 0 aliphatic rings. The van der Waals surface area contributed by atoms with Crippen LogP contribution in [0.2, 0.25) is 0 Å². The molecule has 0 fully saturated rings. The standard InChI is InChI=1S/C21H15F3N4O2S/c22-14-6-7-15(20(24)19(14)23)25-21(30)26-18-10-16(17-5-2-8-31-17)27-28(18)13-4-1-3-12(9-13)11-29/h1-10,29H,11H2,(H2,25,26,30). The average Bonchev–Trinajstić information content (AvgIpc) is 3.44. The largest absolute Gasteiger partial charge is 0.392 e. The van der Waals surface area contributed by atoms with Gasteiger partial charge in [-0.1, -0.05) is 18.2 Å². The Morgan fingerprint density at radius 1 is 1.03 bits per heavy atom. The van der Waals surface area contributed by atoms with Gasteiger partial charge in [-0.05, 0) is 41.3 Å². The van der Waals surface area contributed by atoms with Crippen LogP contribution >= 0.6 is 11.3 Å². The van der Waals surface area contributed by atoms with Crippen LogP contribution in [-0.4, -0.2) is 20.9 Å². The number of urea groups is 1. The third-order valence-corrected chi connectivity index (χ3v) is 5.24. The van der Waals surface area contributed by atoms with Gasteiger partial charge in [0.1, 0.15) is 11.5 Å². The van der Waals surface area contributed by atoms with E-state index in [1.807, 2.05) is 17.5 Å². The molecular formula is C21H15F3N4O2S. The van der Waals surface area contributed by atoms with Crippen molar-refractivity contribution < 1.29 is 23.1 Å². The van der Waals surface area contributed by atoms with E-state index >= 15 is 0 Å². The summed E-state index contributed by atoms with van der Waals surface area (Å²) in [6.07, 6.45) is 0.